The van der Waals surface area contributed by atoms with Gasteiger partial charge in [0.05, 0.1) is 11.7 Å². The number of ether oxygens (including phenoxy) is 1. The fourth-order valence-corrected chi connectivity index (χ4v) is 5.11. The van der Waals surface area contributed by atoms with Crippen molar-refractivity contribution in [3.63, 3.8) is 0 Å². The number of fused-ring (bicyclic) bond motifs is 2. The average Bonchev–Trinajstić information content (AvgIpc) is 3.09. The molecule has 0 aliphatic carbocycles. The number of hydrogen-bond acceptors (Lipinski definition) is 4. The highest BCUT2D eigenvalue weighted by molar-refractivity contribution is 5.83. The minimum absolute atomic E-state index is 0.0458. The largest absolute Gasteiger partial charge is 0.444 e. The summed E-state index contributed by atoms with van der Waals surface area (Å²) in [5.74, 6) is 0.663. The number of aryl methyl sites for hydroxylation is 1. The van der Waals surface area contributed by atoms with Crippen molar-refractivity contribution in [1.82, 2.24) is 14.5 Å². The molecule has 3 aromatic carbocycles. The van der Waals surface area contributed by atoms with Crippen LogP contribution in [0.2, 0.25) is 0 Å². The van der Waals surface area contributed by atoms with Crippen LogP contribution in [0.3, 0.4) is 0 Å². The van der Waals surface area contributed by atoms with E-state index in [2.05, 4.69) is 42.5 Å². The molecule has 0 radical (unpaired) electrons. The van der Waals surface area contributed by atoms with E-state index < -0.39 is 5.60 Å². The summed E-state index contributed by atoms with van der Waals surface area (Å²) < 4.78 is 7.40. The monoisotopic (exact) mass is 495 g/mol. The van der Waals surface area contributed by atoms with Crippen molar-refractivity contribution < 1.29 is 9.53 Å². The molecule has 0 spiro atoms. The second kappa shape index (κ2) is 9.85. The third kappa shape index (κ3) is 5.15. The number of hydrogen-bond donors (Lipinski definition) is 0. The molecule has 37 heavy (non-hydrogen) atoms. The van der Waals surface area contributed by atoms with Crippen molar-refractivity contribution in [2.75, 3.05) is 13.1 Å². The molecular formula is C31H33N3O3. The molecule has 1 aromatic heterocycles. The number of aromatic nitrogens is 2. The van der Waals surface area contributed by atoms with Crippen LogP contribution in [0, 0.1) is 6.92 Å². The Morgan fingerprint density at radius 2 is 1.57 bits per heavy atom. The zero-order valence-electron chi connectivity index (χ0n) is 21.9. The first-order valence-corrected chi connectivity index (χ1v) is 12.8. The predicted octanol–water partition coefficient (Wildman–Crippen LogP) is 5.68. The molecule has 6 nitrogen and oxygen atoms in total. The highest BCUT2D eigenvalue weighted by atomic mass is 16.6. The Morgan fingerprint density at radius 3 is 2.30 bits per heavy atom. The van der Waals surface area contributed by atoms with Crippen LogP contribution >= 0.6 is 0 Å². The van der Waals surface area contributed by atoms with Crippen molar-refractivity contribution in [1.29, 1.82) is 0 Å². The number of rotatable bonds is 3. The summed E-state index contributed by atoms with van der Waals surface area (Å²) in [5, 5.41) is 2.28. The van der Waals surface area contributed by atoms with Gasteiger partial charge >= 0.3 is 6.09 Å². The molecule has 1 amide bonds. The lowest BCUT2D eigenvalue weighted by Crippen LogP contribution is -2.38. The predicted molar refractivity (Wildman–Crippen MR) is 146 cm³/mol. The van der Waals surface area contributed by atoms with E-state index in [0.717, 1.165) is 27.6 Å². The highest BCUT2D eigenvalue weighted by Gasteiger charge is 2.28. The first kappa shape index (κ1) is 24.8. The van der Waals surface area contributed by atoms with E-state index in [9.17, 15) is 9.59 Å². The summed E-state index contributed by atoms with van der Waals surface area (Å²) in [6, 6.07) is 24.4. The van der Waals surface area contributed by atoms with Crippen LogP contribution in [-0.4, -0.2) is 39.2 Å². The molecule has 0 saturated heterocycles. The van der Waals surface area contributed by atoms with Gasteiger partial charge in [0, 0.05) is 25.1 Å². The summed E-state index contributed by atoms with van der Waals surface area (Å²) in [6.07, 6.45) is 0.618. The molecule has 1 unspecified atom stereocenters. The van der Waals surface area contributed by atoms with E-state index >= 15 is 0 Å². The molecule has 1 aliphatic heterocycles. The van der Waals surface area contributed by atoms with Crippen molar-refractivity contribution in [3.05, 3.63) is 111 Å². The van der Waals surface area contributed by atoms with E-state index in [1.807, 2.05) is 62.6 Å². The quantitative estimate of drug-likeness (QED) is 0.367. The maximum absolute atomic E-state index is 14.1. The van der Waals surface area contributed by atoms with Gasteiger partial charge in [0.1, 0.15) is 11.4 Å². The number of nitrogens with zero attached hydrogens (tertiary/aromatic N) is 3. The van der Waals surface area contributed by atoms with E-state index in [1.165, 1.54) is 0 Å². The van der Waals surface area contributed by atoms with Crippen LogP contribution < -0.4 is 5.56 Å². The van der Waals surface area contributed by atoms with Crippen molar-refractivity contribution in [3.8, 4) is 0 Å². The normalized spacial score (nSPS) is 14.6. The maximum Gasteiger partial charge on any atom is 0.410 e. The minimum atomic E-state index is -0.569. The lowest BCUT2D eigenvalue weighted by atomic mass is 9.95. The molecule has 6 heteroatoms. The fraction of sp³-hybridized carbons (Fsp3) is 0.323. The molecule has 4 aromatic rings. The molecule has 0 N–H and O–H groups in total. The topological polar surface area (TPSA) is 64.4 Å². The Morgan fingerprint density at radius 1 is 0.892 bits per heavy atom. The number of benzene rings is 3. The smallest absolute Gasteiger partial charge is 0.410 e. The summed E-state index contributed by atoms with van der Waals surface area (Å²) in [4.78, 5) is 33.5. The molecule has 1 atom stereocenters. The molecular weight excluding hydrogens is 462 g/mol. The van der Waals surface area contributed by atoms with E-state index in [1.54, 1.807) is 4.90 Å². The van der Waals surface area contributed by atoms with Gasteiger partial charge in [-0.05, 0) is 62.1 Å². The van der Waals surface area contributed by atoms with Gasteiger partial charge in [-0.15, -0.1) is 0 Å². The Balaban J connectivity index is 1.58. The van der Waals surface area contributed by atoms with Crippen molar-refractivity contribution >= 4 is 16.9 Å². The average molecular weight is 496 g/mol. The second-order valence-corrected chi connectivity index (χ2v) is 10.6. The molecule has 5 rings (SSSR count). The summed E-state index contributed by atoms with van der Waals surface area (Å²) in [5.41, 5.74) is 2.89. The van der Waals surface area contributed by atoms with Crippen LogP contribution in [0.4, 0.5) is 4.79 Å². The standard InChI is InChI=1S/C31H33N3O3/c1-21-32-27-17-19-33(30(36)37-31(2,3)4)18-16-26(27)29(35)34(21)28(23-11-6-5-7-12-23)25-15-14-22-10-8-9-13-24(22)20-25/h5-15,20,28H,16-19H2,1-4H3. The molecule has 1 aliphatic rings. The zero-order chi connectivity index (χ0) is 26.2. The second-order valence-electron chi connectivity index (χ2n) is 10.6. The van der Waals surface area contributed by atoms with Crippen LogP contribution in [-0.2, 0) is 17.6 Å². The summed E-state index contributed by atoms with van der Waals surface area (Å²) in [6.45, 7) is 8.38. The van der Waals surface area contributed by atoms with Gasteiger partial charge in [-0.1, -0.05) is 66.7 Å². The van der Waals surface area contributed by atoms with Gasteiger partial charge in [0.15, 0.2) is 0 Å². The minimum Gasteiger partial charge on any atom is -0.444 e. The Bertz CT molecular complexity index is 1500. The van der Waals surface area contributed by atoms with E-state index in [4.69, 9.17) is 9.72 Å². The van der Waals surface area contributed by atoms with E-state index in [0.29, 0.717) is 37.3 Å². The zero-order valence-corrected chi connectivity index (χ0v) is 21.9. The van der Waals surface area contributed by atoms with Crippen LogP contribution in [0.15, 0.2) is 77.6 Å². The Kier molecular flexibility index (Phi) is 6.59. The van der Waals surface area contributed by atoms with Crippen LogP contribution in [0.5, 0.6) is 0 Å². The van der Waals surface area contributed by atoms with Crippen molar-refractivity contribution in [2.45, 2.75) is 52.2 Å². The first-order valence-electron chi connectivity index (χ1n) is 12.8. The van der Waals surface area contributed by atoms with Crippen LogP contribution in [0.1, 0.15) is 55.0 Å². The summed E-state index contributed by atoms with van der Waals surface area (Å²) >= 11 is 0. The first-order chi connectivity index (χ1) is 17.7. The van der Waals surface area contributed by atoms with Crippen LogP contribution in [0.25, 0.3) is 10.8 Å². The van der Waals surface area contributed by atoms with E-state index in [-0.39, 0.29) is 17.7 Å². The highest BCUT2D eigenvalue weighted by Crippen LogP contribution is 2.30. The van der Waals surface area contributed by atoms with Gasteiger partial charge in [-0.3, -0.25) is 9.36 Å². The maximum atomic E-state index is 14.1. The number of amides is 1. The van der Waals surface area contributed by atoms with Gasteiger partial charge in [-0.2, -0.15) is 0 Å². The third-order valence-electron chi connectivity index (χ3n) is 6.84. The van der Waals surface area contributed by atoms with Gasteiger partial charge < -0.3 is 9.64 Å². The molecule has 0 fully saturated rings. The Hall–Kier alpha value is -3.93. The number of carbonyl (C=O) groups is 1. The Labute approximate surface area is 217 Å². The fourth-order valence-electron chi connectivity index (χ4n) is 5.11. The van der Waals surface area contributed by atoms with Gasteiger partial charge in [0.2, 0.25) is 0 Å². The lowest BCUT2D eigenvalue weighted by molar-refractivity contribution is 0.0258. The summed E-state index contributed by atoms with van der Waals surface area (Å²) in [7, 11) is 0. The molecule has 0 bridgehead atoms. The number of carbonyl (C=O) groups excluding carboxylic acids is 1. The van der Waals surface area contributed by atoms with Gasteiger partial charge in [-0.25, -0.2) is 9.78 Å². The van der Waals surface area contributed by atoms with Crippen molar-refractivity contribution in [2.24, 2.45) is 0 Å². The molecule has 2 heterocycles. The van der Waals surface area contributed by atoms with Gasteiger partial charge in [0.25, 0.3) is 5.56 Å². The molecule has 190 valence electrons. The SMILES string of the molecule is Cc1nc2c(c(=O)n1C(c1ccccc1)c1ccc3ccccc3c1)CCN(C(=O)OC(C)(C)C)CC2. The third-order valence-corrected chi connectivity index (χ3v) is 6.84. The lowest BCUT2D eigenvalue weighted by Gasteiger charge is -2.26. The molecule has 0 saturated carbocycles.